The summed E-state index contributed by atoms with van der Waals surface area (Å²) in [7, 11) is 1.63. The molecular formula is C23H21Cl2NO3. The fourth-order valence-corrected chi connectivity index (χ4v) is 3.15. The topological polar surface area (TPSA) is 40.0 Å². The van der Waals surface area contributed by atoms with Gasteiger partial charge in [0, 0.05) is 11.2 Å². The van der Waals surface area contributed by atoms with Crippen molar-refractivity contribution in [1.82, 2.24) is 0 Å². The summed E-state index contributed by atoms with van der Waals surface area (Å²) in [6.07, 6.45) is 1.73. The molecule has 0 heterocycles. The minimum Gasteiger partial charge on any atom is -0.497 e. The van der Waals surface area contributed by atoms with Gasteiger partial charge >= 0.3 is 0 Å². The molecule has 0 unspecified atom stereocenters. The Morgan fingerprint density at radius 3 is 2.45 bits per heavy atom. The predicted octanol–water partition coefficient (Wildman–Crippen LogP) is 6.73. The summed E-state index contributed by atoms with van der Waals surface area (Å²) in [5.41, 5.74) is 2.56. The van der Waals surface area contributed by atoms with Gasteiger partial charge in [-0.2, -0.15) is 0 Å². The van der Waals surface area contributed by atoms with E-state index in [1.807, 2.05) is 61.5 Å². The summed E-state index contributed by atoms with van der Waals surface area (Å²) in [6.45, 7) is 2.73. The standard InChI is InChI=1S/C23H21Cl2NO3/c1-3-28-22-13-17(14-26-19-7-9-20(27-2)10-8-19)12-21(25)23(22)29-15-16-5-4-6-18(24)11-16/h4-14H,3,15H2,1-2H3. The molecule has 0 aliphatic carbocycles. The summed E-state index contributed by atoms with van der Waals surface area (Å²) in [5, 5.41) is 1.11. The van der Waals surface area contributed by atoms with Crippen LogP contribution in [0.2, 0.25) is 10.0 Å². The van der Waals surface area contributed by atoms with Crippen molar-refractivity contribution in [3.63, 3.8) is 0 Å². The van der Waals surface area contributed by atoms with Gasteiger partial charge in [0.05, 0.1) is 24.4 Å². The number of rotatable bonds is 8. The first-order chi connectivity index (χ1) is 14.1. The maximum atomic E-state index is 6.48. The normalized spacial score (nSPS) is 10.9. The van der Waals surface area contributed by atoms with Gasteiger partial charge in [-0.25, -0.2) is 0 Å². The Bertz CT molecular complexity index is 988. The number of hydrogen-bond donors (Lipinski definition) is 0. The molecule has 3 rings (SSSR count). The highest BCUT2D eigenvalue weighted by molar-refractivity contribution is 6.32. The van der Waals surface area contributed by atoms with Crippen molar-refractivity contribution < 1.29 is 14.2 Å². The maximum Gasteiger partial charge on any atom is 0.180 e. The number of halogens is 2. The second-order valence-electron chi connectivity index (χ2n) is 6.14. The molecule has 0 aliphatic rings. The maximum absolute atomic E-state index is 6.48. The largest absolute Gasteiger partial charge is 0.497 e. The van der Waals surface area contributed by atoms with Gasteiger partial charge in [0.1, 0.15) is 12.4 Å². The molecule has 0 aliphatic heterocycles. The van der Waals surface area contributed by atoms with E-state index in [2.05, 4.69) is 4.99 Å². The van der Waals surface area contributed by atoms with Crippen LogP contribution in [0.5, 0.6) is 17.2 Å². The van der Waals surface area contributed by atoms with Crippen LogP contribution in [0.4, 0.5) is 5.69 Å². The Hall–Kier alpha value is -2.69. The van der Waals surface area contributed by atoms with Crippen LogP contribution in [-0.4, -0.2) is 19.9 Å². The van der Waals surface area contributed by atoms with E-state index in [0.717, 1.165) is 22.6 Å². The molecule has 0 fully saturated rings. The van der Waals surface area contributed by atoms with Gasteiger partial charge in [-0.15, -0.1) is 0 Å². The van der Waals surface area contributed by atoms with Gasteiger partial charge in [0.15, 0.2) is 11.5 Å². The lowest BCUT2D eigenvalue weighted by atomic mass is 10.2. The minimum absolute atomic E-state index is 0.333. The SMILES string of the molecule is CCOc1cc(C=Nc2ccc(OC)cc2)cc(Cl)c1OCc1cccc(Cl)c1. The van der Waals surface area contributed by atoms with Crippen LogP contribution in [0.15, 0.2) is 65.7 Å². The van der Waals surface area contributed by atoms with Gasteiger partial charge in [-0.3, -0.25) is 4.99 Å². The summed E-state index contributed by atoms with van der Waals surface area (Å²) in [4.78, 5) is 4.48. The molecule has 0 saturated heterocycles. The van der Waals surface area contributed by atoms with E-state index in [9.17, 15) is 0 Å². The first-order valence-electron chi connectivity index (χ1n) is 9.10. The van der Waals surface area contributed by atoms with E-state index in [1.165, 1.54) is 0 Å². The number of ether oxygens (including phenoxy) is 3. The highest BCUT2D eigenvalue weighted by Crippen LogP contribution is 2.37. The molecule has 29 heavy (non-hydrogen) atoms. The van der Waals surface area contributed by atoms with E-state index >= 15 is 0 Å². The third-order valence-electron chi connectivity index (χ3n) is 4.04. The Labute approximate surface area is 180 Å². The lowest BCUT2D eigenvalue weighted by Crippen LogP contribution is -2.01. The van der Waals surface area contributed by atoms with E-state index in [4.69, 9.17) is 37.4 Å². The molecule has 0 spiro atoms. The first kappa shape index (κ1) is 21.0. The zero-order chi connectivity index (χ0) is 20.6. The lowest BCUT2D eigenvalue weighted by molar-refractivity contribution is 0.269. The Balaban J connectivity index is 1.80. The number of hydrogen-bond acceptors (Lipinski definition) is 4. The van der Waals surface area contributed by atoms with Crippen molar-refractivity contribution in [3.05, 3.63) is 81.8 Å². The zero-order valence-electron chi connectivity index (χ0n) is 16.2. The Morgan fingerprint density at radius 2 is 1.76 bits per heavy atom. The van der Waals surface area contributed by atoms with Crippen molar-refractivity contribution in [2.75, 3.05) is 13.7 Å². The molecule has 4 nitrogen and oxygen atoms in total. The molecule has 0 amide bonds. The predicted molar refractivity (Wildman–Crippen MR) is 119 cm³/mol. The van der Waals surface area contributed by atoms with Gasteiger partial charge in [0.2, 0.25) is 0 Å². The van der Waals surface area contributed by atoms with Crippen LogP contribution in [0, 0.1) is 0 Å². The number of nitrogens with zero attached hydrogens (tertiary/aromatic N) is 1. The van der Waals surface area contributed by atoms with Gasteiger partial charge in [0.25, 0.3) is 0 Å². The van der Waals surface area contributed by atoms with Gasteiger partial charge in [-0.1, -0.05) is 35.3 Å². The molecule has 0 radical (unpaired) electrons. The van der Waals surface area contributed by atoms with E-state index in [-0.39, 0.29) is 0 Å². The smallest absolute Gasteiger partial charge is 0.180 e. The van der Waals surface area contributed by atoms with E-state index in [0.29, 0.717) is 34.8 Å². The molecule has 0 saturated carbocycles. The average molecular weight is 430 g/mol. The molecule has 0 N–H and O–H groups in total. The van der Waals surface area contributed by atoms with Crippen LogP contribution >= 0.6 is 23.2 Å². The van der Waals surface area contributed by atoms with Crippen LogP contribution in [0.25, 0.3) is 0 Å². The van der Waals surface area contributed by atoms with E-state index in [1.54, 1.807) is 19.4 Å². The van der Waals surface area contributed by atoms with Crippen molar-refractivity contribution in [1.29, 1.82) is 0 Å². The fourth-order valence-electron chi connectivity index (χ4n) is 2.67. The average Bonchev–Trinajstić information content (AvgIpc) is 2.72. The van der Waals surface area contributed by atoms with Crippen LogP contribution < -0.4 is 14.2 Å². The van der Waals surface area contributed by atoms with Crippen LogP contribution in [0.3, 0.4) is 0 Å². The quantitative estimate of drug-likeness (QED) is 0.372. The summed E-state index contributed by atoms with van der Waals surface area (Å²) in [6, 6.07) is 18.6. The molecule has 6 heteroatoms. The second kappa shape index (κ2) is 10.2. The molecule has 0 aromatic heterocycles. The van der Waals surface area contributed by atoms with Crippen molar-refractivity contribution >= 4 is 35.1 Å². The minimum atomic E-state index is 0.333. The van der Waals surface area contributed by atoms with Crippen LogP contribution in [0.1, 0.15) is 18.1 Å². The highest BCUT2D eigenvalue weighted by atomic mass is 35.5. The first-order valence-corrected chi connectivity index (χ1v) is 9.86. The number of benzene rings is 3. The van der Waals surface area contributed by atoms with E-state index < -0.39 is 0 Å². The van der Waals surface area contributed by atoms with Crippen molar-refractivity contribution in [2.45, 2.75) is 13.5 Å². The van der Waals surface area contributed by atoms with Gasteiger partial charge < -0.3 is 14.2 Å². The zero-order valence-corrected chi connectivity index (χ0v) is 17.7. The Morgan fingerprint density at radius 1 is 0.966 bits per heavy atom. The second-order valence-corrected chi connectivity index (χ2v) is 6.98. The molecule has 150 valence electrons. The monoisotopic (exact) mass is 429 g/mol. The van der Waals surface area contributed by atoms with Crippen LogP contribution in [-0.2, 0) is 6.61 Å². The molecule has 0 atom stereocenters. The summed E-state index contributed by atoms with van der Waals surface area (Å²) < 4.78 is 16.8. The van der Waals surface area contributed by atoms with Crippen molar-refractivity contribution in [3.8, 4) is 17.2 Å². The number of aliphatic imine (C=N–C) groups is 1. The van der Waals surface area contributed by atoms with Crippen molar-refractivity contribution in [2.24, 2.45) is 4.99 Å². The molecular weight excluding hydrogens is 409 g/mol. The third-order valence-corrected chi connectivity index (χ3v) is 4.55. The highest BCUT2D eigenvalue weighted by Gasteiger charge is 2.12. The lowest BCUT2D eigenvalue weighted by Gasteiger charge is -2.14. The molecule has 3 aromatic carbocycles. The molecule has 3 aromatic rings. The Kier molecular flexibility index (Phi) is 7.39. The molecule has 0 bridgehead atoms. The summed E-state index contributed by atoms with van der Waals surface area (Å²) in [5.74, 6) is 1.85. The van der Waals surface area contributed by atoms with Gasteiger partial charge in [-0.05, 0) is 66.6 Å². The third kappa shape index (κ3) is 5.89. The number of methoxy groups -OCH3 is 1. The fraction of sp³-hybridized carbons (Fsp3) is 0.174. The summed E-state index contributed by atoms with van der Waals surface area (Å²) >= 11 is 12.5.